The van der Waals surface area contributed by atoms with Gasteiger partial charge in [0, 0.05) is 32.8 Å². The number of piperidine rings is 1. The fourth-order valence-electron chi connectivity index (χ4n) is 3.04. The van der Waals surface area contributed by atoms with Crippen LogP contribution in [-0.4, -0.2) is 44.5 Å². The summed E-state index contributed by atoms with van der Waals surface area (Å²) >= 11 is 0. The molecular weight excluding hydrogens is 256 g/mol. The second kappa shape index (κ2) is 5.99. The van der Waals surface area contributed by atoms with Crippen LogP contribution < -0.4 is 15.2 Å². The monoisotopic (exact) mass is 278 g/mol. The standard InChI is InChI=1S/C15H22N2O3/c1-18-12-4-6-17(7-5-12)13(9-16)11-2-3-14-15(8-11)20-10-19-14/h2-3,8,12-13H,4-7,9-10,16H2,1H3. The molecule has 0 amide bonds. The molecule has 0 saturated carbocycles. The maximum atomic E-state index is 6.00. The van der Waals surface area contributed by atoms with Crippen molar-refractivity contribution in [1.29, 1.82) is 0 Å². The number of likely N-dealkylation sites (tertiary alicyclic amines) is 1. The van der Waals surface area contributed by atoms with E-state index in [4.69, 9.17) is 19.9 Å². The molecule has 3 rings (SSSR count). The Hall–Kier alpha value is -1.30. The summed E-state index contributed by atoms with van der Waals surface area (Å²) in [4.78, 5) is 2.44. The van der Waals surface area contributed by atoms with Crippen LogP contribution in [0.3, 0.4) is 0 Å². The second-order valence-electron chi connectivity index (χ2n) is 5.34. The highest BCUT2D eigenvalue weighted by atomic mass is 16.7. The van der Waals surface area contributed by atoms with E-state index in [0.29, 0.717) is 19.4 Å². The molecule has 1 saturated heterocycles. The van der Waals surface area contributed by atoms with Gasteiger partial charge in [0.2, 0.25) is 6.79 Å². The third-order valence-electron chi connectivity index (χ3n) is 4.26. The molecule has 0 spiro atoms. The molecular formula is C15H22N2O3. The molecule has 0 aliphatic carbocycles. The van der Waals surface area contributed by atoms with Crippen molar-refractivity contribution in [3.05, 3.63) is 23.8 Å². The van der Waals surface area contributed by atoms with Crippen LogP contribution in [0.1, 0.15) is 24.4 Å². The molecule has 1 fully saturated rings. The summed E-state index contributed by atoms with van der Waals surface area (Å²) in [6.07, 6.45) is 2.52. The predicted octanol–water partition coefficient (Wildman–Crippen LogP) is 1.53. The number of rotatable bonds is 4. The van der Waals surface area contributed by atoms with Gasteiger partial charge in [-0.25, -0.2) is 0 Å². The lowest BCUT2D eigenvalue weighted by Gasteiger charge is -2.36. The van der Waals surface area contributed by atoms with Crippen molar-refractivity contribution in [2.75, 3.05) is 33.5 Å². The molecule has 1 aromatic rings. The SMILES string of the molecule is COC1CCN(C(CN)c2ccc3c(c2)OCO3)CC1. The highest BCUT2D eigenvalue weighted by molar-refractivity contribution is 5.45. The summed E-state index contributed by atoms with van der Waals surface area (Å²) in [6.45, 7) is 2.96. The highest BCUT2D eigenvalue weighted by Gasteiger charge is 2.26. The van der Waals surface area contributed by atoms with Crippen LogP contribution in [0.4, 0.5) is 0 Å². The Balaban J connectivity index is 1.73. The molecule has 2 aliphatic rings. The van der Waals surface area contributed by atoms with Crippen molar-refractivity contribution in [3.63, 3.8) is 0 Å². The minimum atomic E-state index is 0.238. The molecule has 5 heteroatoms. The lowest BCUT2D eigenvalue weighted by molar-refractivity contribution is 0.0280. The largest absolute Gasteiger partial charge is 0.454 e. The number of ether oxygens (including phenoxy) is 3. The van der Waals surface area contributed by atoms with E-state index in [2.05, 4.69) is 17.0 Å². The first-order valence-electron chi connectivity index (χ1n) is 7.18. The van der Waals surface area contributed by atoms with Gasteiger partial charge in [0.1, 0.15) is 0 Å². The van der Waals surface area contributed by atoms with E-state index in [1.54, 1.807) is 7.11 Å². The van der Waals surface area contributed by atoms with Gasteiger partial charge in [0.15, 0.2) is 11.5 Å². The summed E-state index contributed by atoms with van der Waals surface area (Å²) in [6, 6.07) is 6.36. The van der Waals surface area contributed by atoms with Gasteiger partial charge >= 0.3 is 0 Å². The molecule has 2 N–H and O–H groups in total. The molecule has 0 aromatic heterocycles. The molecule has 5 nitrogen and oxygen atoms in total. The Morgan fingerprint density at radius 3 is 2.75 bits per heavy atom. The van der Waals surface area contributed by atoms with E-state index >= 15 is 0 Å². The highest BCUT2D eigenvalue weighted by Crippen LogP contribution is 2.35. The zero-order valence-electron chi connectivity index (χ0n) is 11.9. The number of fused-ring (bicyclic) bond motifs is 1. The quantitative estimate of drug-likeness (QED) is 0.905. The molecule has 1 unspecified atom stereocenters. The van der Waals surface area contributed by atoms with Crippen LogP contribution in [-0.2, 0) is 4.74 Å². The molecule has 2 heterocycles. The average molecular weight is 278 g/mol. The average Bonchev–Trinajstić information content (AvgIpc) is 2.96. The lowest BCUT2D eigenvalue weighted by Crippen LogP contribution is -2.41. The normalized spacial score (nSPS) is 21.1. The number of hydrogen-bond acceptors (Lipinski definition) is 5. The third kappa shape index (κ3) is 2.61. The number of benzene rings is 1. The summed E-state index contributed by atoms with van der Waals surface area (Å²) in [7, 11) is 1.79. The van der Waals surface area contributed by atoms with Crippen LogP contribution in [0, 0.1) is 0 Å². The van der Waals surface area contributed by atoms with E-state index in [9.17, 15) is 0 Å². The second-order valence-corrected chi connectivity index (χ2v) is 5.34. The first-order chi connectivity index (χ1) is 9.81. The fourth-order valence-corrected chi connectivity index (χ4v) is 3.04. The van der Waals surface area contributed by atoms with Crippen LogP contribution in [0.25, 0.3) is 0 Å². The zero-order valence-corrected chi connectivity index (χ0v) is 11.9. The maximum Gasteiger partial charge on any atom is 0.231 e. The third-order valence-corrected chi connectivity index (χ3v) is 4.26. The van der Waals surface area contributed by atoms with Gasteiger partial charge < -0.3 is 19.9 Å². The number of nitrogens with zero attached hydrogens (tertiary/aromatic N) is 1. The van der Waals surface area contributed by atoms with Gasteiger partial charge in [0.25, 0.3) is 0 Å². The van der Waals surface area contributed by atoms with Gasteiger partial charge in [-0.2, -0.15) is 0 Å². The van der Waals surface area contributed by atoms with Crippen molar-refractivity contribution in [2.45, 2.75) is 25.0 Å². The topological polar surface area (TPSA) is 57.0 Å². The van der Waals surface area contributed by atoms with Gasteiger partial charge in [-0.1, -0.05) is 6.07 Å². The Morgan fingerprint density at radius 2 is 2.05 bits per heavy atom. The smallest absolute Gasteiger partial charge is 0.231 e. The van der Waals surface area contributed by atoms with Gasteiger partial charge in [0.05, 0.1) is 6.10 Å². The maximum absolute atomic E-state index is 6.00. The summed E-state index contributed by atoms with van der Waals surface area (Å²) < 4.78 is 16.2. The fraction of sp³-hybridized carbons (Fsp3) is 0.600. The van der Waals surface area contributed by atoms with Crippen molar-refractivity contribution in [1.82, 2.24) is 4.90 Å². The predicted molar refractivity (Wildman–Crippen MR) is 76.0 cm³/mol. The minimum absolute atomic E-state index is 0.238. The minimum Gasteiger partial charge on any atom is -0.454 e. The van der Waals surface area contributed by atoms with Crippen LogP contribution in [0.2, 0.25) is 0 Å². The van der Waals surface area contributed by atoms with Crippen LogP contribution in [0.15, 0.2) is 18.2 Å². The molecule has 0 bridgehead atoms. The summed E-state index contributed by atoms with van der Waals surface area (Å²) in [5.74, 6) is 1.65. The Kier molecular flexibility index (Phi) is 4.10. The summed E-state index contributed by atoms with van der Waals surface area (Å²) in [5.41, 5.74) is 7.20. The lowest BCUT2D eigenvalue weighted by atomic mass is 10.00. The zero-order chi connectivity index (χ0) is 13.9. The molecule has 1 atom stereocenters. The van der Waals surface area contributed by atoms with Gasteiger partial charge in [-0.15, -0.1) is 0 Å². The number of hydrogen-bond donors (Lipinski definition) is 1. The molecule has 20 heavy (non-hydrogen) atoms. The summed E-state index contributed by atoms with van der Waals surface area (Å²) in [5, 5.41) is 0. The molecule has 110 valence electrons. The molecule has 0 radical (unpaired) electrons. The first kappa shape index (κ1) is 13.7. The van der Waals surface area contributed by atoms with Gasteiger partial charge in [-0.05, 0) is 30.5 Å². The van der Waals surface area contributed by atoms with E-state index in [1.807, 2.05) is 6.07 Å². The Bertz CT molecular complexity index is 458. The van der Waals surface area contributed by atoms with E-state index < -0.39 is 0 Å². The van der Waals surface area contributed by atoms with Crippen molar-refractivity contribution < 1.29 is 14.2 Å². The van der Waals surface area contributed by atoms with Crippen LogP contribution in [0.5, 0.6) is 11.5 Å². The number of nitrogens with two attached hydrogens (primary N) is 1. The van der Waals surface area contributed by atoms with Crippen molar-refractivity contribution in [2.24, 2.45) is 5.73 Å². The molecule has 2 aliphatic heterocycles. The van der Waals surface area contributed by atoms with Gasteiger partial charge in [-0.3, -0.25) is 4.90 Å². The Labute approximate surface area is 119 Å². The van der Waals surface area contributed by atoms with Crippen molar-refractivity contribution in [3.8, 4) is 11.5 Å². The first-order valence-corrected chi connectivity index (χ1v) is 7.18. The Morgan fingerprint density at radius 1 is 1.30 bits per heavy atom. The molecule has 1 aromatic carbocycles. The van der Waals surface area contributed by atoms with Crippen LogP contribution >= 0.6 is 0 Å². The number of methoxy groups -OCH3 is 1. The van der Waals surface area contributed by atoms with E-state index in [-0.39, 0.29) is 6.04 Å². The van der Waals surface area contributed by atoms with E-state index in [0.717, 1.165) is 37.4 Å². The van der Waals surface area contributed by atoms with Crippen molar-refractivity contribution >= 4 is 0 Å². The van der Waals surface area contributed by atoms with E-state index in [1.165, 1.54) is 5.56 Å².